The predicted octanol–water partition coefficient (Wildman–Crippen LogP) is 1.08. The molecule has 0 aromatic heterocycles. The van der Waals surface area contributed by atoms with Gasteiger partial charge in [0.15, 0.2) is 0 Å². The second-order valence-corrected chi connectivity index (χ2v) is 4.18. The van der Waals surface area contributed by atoms with Gasteiger partial charge in [0, 0.05) is 32.3 Å². The van der Waals surface area contributed by atoms with Crippen molar-refractivity contribution in [1.29, 1.82) is 0 Å². The van der Waals surface area contributed by atoms with Crippen LogP contribution in [0.4, 0.5) is 0 Å². The highest BCUT2D eigenvalue weighted by Gasteiger charge is 2.20. The fourth-order valence-electron chi connectivity index (χ4n) is 1.80. The van der Waals surface area contributed by atoms with Gasteiger partial charge in [-0.15, -0.1) is 0 Å². The van der Waals surface area contributed by atoms with E-state index in [4.69, 9.17) is 12.2 Å². The second-order valence-electron chi connectivity index (χ2n) is 3.74. The van der Waals surface area contributed by atoms with Gasteiger partial charge in [-0.3, -0.25) is 10.9 Å². The van der Waals surface area contributed by atoms with Crippen LogP contribution in [0.15, 0.2) is 11.9 Å². The molecule has 1 aliphatic rings. The Morgan fingerprint density at radius 1 is 1.06 bits per heavy atom. The van der Waals surface area contributed by atoms with E-state index in [2.05, 4.69) is 48.5 Å². The summed E-state index contributed by atoms with van der Waals surface area (Å²) in [5.74, 6) is 1.05. The van der Waals surface area contributed by atoms with Crippen molar-refractivity contribution in [3.8, 4) is 0 Å². The topological polar surface area (TPSA) is 33.8 Å². The first-order valence-corrected chi connectivity index (χ1v) is 6.65. The molecule has 0 saturated carbocycles. The maximum absolute atomic E-state index is 5.27. The van der Waals surface area contributed by atoms with Crippen LogP contribution in [0.25, 0.3) is 0 Å². The Morgan fingerprint density at radius 3 is 2.12 bits per heavy atom. The fourth-order valence-corrected chi connectivity index (χ4v) is 2.00. The van der Waals surface area contributed by atoms with Crippen LogP contribution in [-0.4, -0.2) is 46.3 Å². The third-order valence-electron chi connectivity index (χ3n) is 2.82. The van der Waals surface area contributed by atoms with Gasteiger partial charge >= 0.3 is 0 Å². The molecule has 0 bridgehead atoms. The van der Waals surface area contributed by atoms with Crippen LogP contribution in [-0.2, 0) is 0 Å². The van der Waals surface area contributed by atoms with Crippen molar-refractivity contribution in [2.24, 2.45) is 0 Å². The molecule has 5 nitrogen and oxygen atoms in total. The molecule has 2 N–H and O–H groups in total. The van der Waals surface area contributed by atoms with Crippen LogP contribution >= 0.6 is 12.2 Å². The van der Waals surface area contributed by atoms with Gasteiger partial charge in [0.1, 0.15) is 10.8 Å². The summed E-state index contributed by atoms with van der Waals surface area (Å²) in [6, 6.07) is 0. The average Bonchev–Trinajstić information content (AvgIpc) is 2.31. The summed E-state index contributed by atoms with van der Waals surface area (Å²) in [4.78, 5) is 2.97. The molecule has 0 unspecified atom stereocenters. The van der Waals surface area contributed by atoms with Crippen molar-refractivity contribution >= 4 is 17.2 Å². The highest BCUT2D eigenvalue weighted by Crippen LogP contribution is 2.07. The van der Waals surface area contributed by atoms with E-state index in [0.717, 1.165) is 37.0 Å². The van der Waals surface area contributed by atoms with Crippen LogP contribution in [0.5, 0.6) is 0 Å². The van der Waals surface area contributed by atoms with Crippen LogP contribution in [0, 0.1) is 0 Å². The number of hydrazine groups is 3. The van der Waals surface area contributed by atoms with E-state index in [0.29, 0.717) is 0 Å². The highest BCUT2D eigenvalue weighted by molar-refractivity contribution is 7.80. The largest absolute Gasteiger partial charge is 0.358 e. The van der Waals surface area contributed by atoms with Gasteiger partial charge in [0.05, 0.1) is 0 Å². The minimum absolute atomic E-state index is 0.734. The molecule has 17 heavy (non-hydrogen) atoms. The van der Waals surface area contributed by atoms with E-state index >= 15 is 0 Å². The summed E-state index contributed by atoms with van der Waals surface area (Å²) < 4.78 is 0. The number of nitrogens with one attached hydrogen (secondary N) is 2. The first kappa shape index (κ1) is 14.2. The summed E-state index contributed by atoms with van der Waals surface area (Å²) in [5, 5.41) is 4.01. The Labute approximate surface area is 109 Å². The third-order valence-corrected chi connectivity index (χ3v) is 3.03. The Hall–Kier alpha value is -0.850. The third kappa shape index (κ3) is 3.55. The molecule has 98 valence electrons. The van der Waals surface area contributed by atoms with Crippen molar-refractivity contribution in [1.82, 2.24) is 26.0 Å². The lowest BCUT2D eigenvalue weighted by atomic mass is 10.4. The number of hydrogen-bond acceptors (Lipinski definition) is 5. The van der Waals surface area contributed by atoms with Crippen molar-refractivity contribution in [2.75, 3.05) is 26.2 Å². The monoisotopic (exact) mass is 257 g/mol. The second kappa shape index (κ2) is 6.78. The molecule has 0 amide bonds. The fraction of sp³-hybridized carbons (Fsp3) is 0.727. The summed E-state index contributed by atoms with van der Waals surface area (Å²) in [6.45, 7) is 12.3. The lowest BCUT2D eigenvalue weighted by Crippen LogP contribution is -2.62. The molecule has 0 aromatic carbocycles. The zero-order chi connectivity index (χ0) is 12.8. The van der Waals surface area contributed by atoms with Gasteiger partial charge in [-0.25, -0.2) is 5.01 Å². The summed E-state index contributed by atoms with van der Waals surface area (Å²) in [5.41, 5.74) is 6.46. The molecule has 0 aromatic rings. The van der Waals surface area contributed by atoms with E-state index in [9.17, 15) is 0 Å². The molecule has 0 fully saturated rings. The predicted molar refractivity (Wildman–Crippen MR) is 74.6 cm³/mol. The standard InChI is InChI=1S/C11H23N5S/c1-5-14(6-2)10-9-11(17)13-16(12-10)15(7-3)8-4/h9,12H,5-8H2,1-4H3,(H,13,17). The zero-order valence-electron chi connectivity index (χ0n) is 11.2. The zero-order valence-corrected chi connectivity index (χ0v) is 12.0. The first-order chi connectivity index (χ1) is 8.15. The number of nitrogens with zero attached hydrogens (tertiary/aromatic N) is 3. The molecule has 0 spiro atoms. The molecule has 0 saturated heterocycles. The number of rotatable bonds is 6. The van der Waals surface area contributed by atoms with Crippen molar-refractivity contribution in [3.05, 3.63) is 11.9 Å². The molecule has 1 heterocycles. The summed E-state index contributed by atoms with van der Waals surface area (Å²) in [6.07, 6.45) is 1.96. The number of hydrogen-bond donors (Lipinski definition) is 2. The maximum atomic E-state index is 5.27. The normalized spacial score (nSPS) is 16.5. The van der Waals surface area contributed by atoms with Gasteiger partial charge < -0.3 is 4.90 Å². The minimum Gasteiger partial charge on any atom is -0.358 e. The van der Waals surface area contributed by atoms with Gasteiger partial charge in [-0.2, -0.15) is 0 Å². The van der Waals surface area contributed by atoms with Crippen LogP contribution < -0.4 is 10.9 Å². The van der Waals surface area contributed by atoms with Crippen molar-refractivity contribution in [3.63, 3.8) is 0 Å². The van der Waals surface area contributed by atoms with Crippen molar-refractivity contribution in [2.45, 2.75) is 27.7 Å². The van der Waals surface area contributed by atoms with Crippen LogP contribution in [0.2, 0.25) is 0 Å². The molecular formula is C11H23N5S. The van der Waals surface area contributed by atoms with Gasteiger partial charge in [-0.1, -0.05) is 31.3 Å². The Kier molecular flexibility index (Phi) is 5.67. The number of thiocarbonyl (C=S) groups is 1. The molecule has 1 rings (SSSR count). The molecule has 0 radical (unpaired) electrons. The first-order valence-electron chi connectivity index (χ1n) is 6.25. The Morgan fingerprint density at radius 2 is 1.65 bits per heavy atom. The highest BCUT2D eigenvalue weighted by atomic mass is 32.1. The molecule has 6 heteroatoms. The smallest absolute Gasteiger partial charge is 0.121 e. The lowest BCUT2D eigenvalue weighted by molar-refractivity contribution is -0.0880. The van der Waals surface area contributed by atoms with E-state index in [1.165, 1.54) is 0 Å². The average molecular weight is 257 g/mol. The molecule has 0 atom stereocenters. The molecule has 1 aliphatic heterocycles. The Bertz CT molecular complexity index is 284. The maximum Gasteiger partial charge on any atom is 0.121 e. The van der Waals surface area contributed by atoms with E-state index < -0.39 is 0 Å². The molecular weight excluding hydrogens is 234 g/mol. The summed E-state index contributed by atoms with van der Waals surface area (Å²) in [7, 11) is 0. The quantitative estimate of drug-likeness (QED) is 0.693. The Balaban J connectivity index is 2.77. The van der Waals surface area contributed by atoms with Gasteiger partial charge in [-0.05, 0) is 13.8 Å². The van der Waals surface area contributed by atoms with E-state index in [1.54, 1.807) is 0 Å². The van der Waals surface area contributed by atoms with Gasteiger partial charge in [0.2, 0.25) is 0 Å². The summed E-state index contributed by atoms with van der Waals surface area (Å²) >= 11 is 5.27. The minimum atomic E-state index is 0.734. The van der Waals surface area contributed by atoms with Crippen molar-refractivity contribution < 1.29 is 0 Å². The van der Waals surface area contributed by atoms with E-state index in [-0.39, 0.29) is 0 Å². The van der Waals surface area contributed by atoms with E-state index in [1.807, 2.05) is 11.3 Å². The van der Waals surface area contributed by atoms with Crippen LogP contribution in [0.3, 0.4) is 0 Å². The molecule has 0 aliphatic carbocycles. The van der Waals surface area contributed by atoms with Gasteiger partial charge in [0.25, 0.3) is 0 Å². The lowest BCUT2D eigenvalue weighted by Gasteiger charge is -2.40. The SMILES string of the molecule is CCN(CC)C1=CC(=S)NN(N(CC)CC)N1. The van der Waals surface area contributed by atoms with Crippen LogP contribution in [0.1, 0.15) is 27.7 Å².